The van der Waals surface area contributed by atoms with Gasteiger partial charge in [0.15, 0.2) is 0 Å². The van der Waals surface area contributed by atoms with Crippen molar-refractivity contribution in [3.63, 3.8) is 0 Å². The number of hydrogen-bond donors (Lipinski definition) is 0. The van der Waals surface area contributed by atoms with Gasteiger partial charge in [-0.3, -0.25) is 0 Å². The zero-order valence-electron chi connectivity index (χ0n) is 21.0. The van der Waals surface area contributed by atoms with Crippen molar-refractivity contribution in [2.24, 2.45) is 0 Å². The van der Waals surface area contributed by atoms with E-state index in [0.717, 1.165) is 27.7 Å². The molecule has 0 amide bonds. The first-order valence-corrected chi connectivity index (χ1v) is 12.2. The number of hydrogen-bond acceptors (Lipinski definition) is 3. The lowest BCUT2D eigenvalue weighted by atomic mass is 9.84. The Kier molecular flexibility index (Phi) is 13.3. The maximum absolute atomic E-state index is 7.19. The Balaban J connectivity index is 0.000000387. The molecule has 0 radical (unpaired) electrons. The lowest BCUT2D eigenvalue weighted by Gasteiger charge is -2.30. The van der Waals surface area contributed by atoms with Crippen LogP contribution in [-0.2, 0) is 4.87 Å². The van der Waals surface area contributed by atoms with Crippen LogP contribution in [0.15, 0.2) is 103 Å². The first-order valence-electron chi connectivity index (χ1n) is 11.5. The van der Waals surface area contributed by atoms with E-state index < -0.39 is 4.87 Å². The van der Waals surface area contributed by atoms with Crippen molar-refractivity contribution in [1.29, 1.82) is 0 Å². The second-order valence-electron chi connectivity index (χ2n) is 7.50. The molecule has 7 heteroatoms. The molecule has 5 rings (SSSR count). The molecular formula is C30H36Cl2N3OP. The van der Waals surface area contributed by atoms with Crippen molar-refractivity contribution in [2.45, 2.75) is 33.1 Å². The summed E-state index contributed by atoms with van der Waals surface area (Å²) in [5.74, 6) is 0. The van der Waals surface area contributed by atoms with Crippen LogP contribution in [0.25, 0.3) is 11.0 Å². The molecule has 0 saturated carbocycles. The van der Waals surface area contributed by atoms with Crippen molar-refractivity contribution in [2.75, 3.05) is 7.11 Å². The highest BCUT2D eigenvalue weighted by Gasteiger charge is 2.35. The normalized spacial score (nSPS) is 11.3. The third-order valence-corrected chi connectivity index (χ3v) is 6.33. The van der Waals surface area contributed by atoms with Crippen molar-refractivity contribution in [1.82, 2.24) is 15.2 Å². The number of rotatable bonds is 4. The summed E-state index contributed by atoms with van der Waals surface area (Å²) >= 11 is 13.6. The fourth-order valence-electron chi connectivity index (χ4n) is 3.65. The van der Waals surface area contributed by atoms with Crippen molar-refractivity contribution < 1.29 is 4.84 Å². The van der Waals surface area contributed by atoms with Gasteiger partial charge in [-0.1, -0.05) is 128 Å². The molecule has 0 fully saturated rings. The fourth-order valence-corrected chi connectivity index (χ4v) is 4.39. The summed E-state index contributed by atoms with van der Waals surface area (Å²) in [4.78, 5) is 5.50. The maximum atomic E-state index is 7.19. The van der Waals surface area contributed by atoms with Gasteiger partial charge in [0.25, 0.3) is 0 Å². The molecule has 196 valence electrons. The molecule has 4 nitrogen and oxygen atoms in total. The Morgan fingerprint density at radius 3 is 1.92 bits per heavy atom. The molecule has 0 bridgehead atoms. The number of benzene rings is 4. The molecule has 37 heavy (non-hydrogen) atoms. The summed E-state index contributed by atoms with van der Waals surface area (Å²) < 4.78 is 0. The van der Waals surface area contributed by atoms with E-state index in [1.807, 2.05) is 92.7 Å². The smallest absolute Gasteiger partial charge is 0.130 e. The zero-order valence-corrected chi connectivity index (χ0v) is 24.0. The van der Waals surface area contributed by atoms with E-state index in [1.54, 1.807) is 7.11 Å². The number of fused-ring (bicyclic) bond motifs is 1. The zero-order chi connectivity index (χ0) is 25.3. The third-order valence-electron chi connectivity index (χ3n) is 5.36. The van der Waals surface area contributed by atoms with E-state index in [1.165, 1.54) is 10.4 Å². The number of para-hydroxylation sites is 1. The predicted octanol–water partition coefficient (Wildman–Crippen LogP) is 8.39. The van der Waals surface area contributed by atoms with Crippen molar-refractivity contribution >= 4 is 44.1 Å². The summed E-state index contributed by atoms with van der Waals surface area (Å²) in [5.41, 5.74) is 5.85. The quantitative estimate of drug-likeness (QED) is 0.127. The van der Waals surface area contributed by atoms with Crippen LogP contribution in [0.1, 0.15) is 43.5 Å². The van der Waals surface area contributed by atoms with Crippen LogP contribution >= 0.6 is 33.1 Å². The Morgan fingerprint density at radius 1 is 0.757 bits per heavy atom. The average molecular weight is 557 g/mol. The van der Waals surface area contributed by atoms with Crippen LogP contribution < -0.4 is 4.84 Å². The van der Waals surface area contributed by atoms with Gasteiger partial charge >= 0.3 is 0 Å². The van der Waals surface area contributed by atoms with Gasteiger partial charge < -0.3 is 4.84 Å². The summed E-state index contributed by atoms with van der Waals surface area (Å²) in [6, 6.07) is 33.7. The maximum Gasteiger partial charge on any atom is 0.130 e. The van der Waals surface area contributed by atoms with Gasteiger partial charge in [0.1, 0.15) is 23.0 Å². The highest BCUT2D eigenvalue weighted by atomic mass is 35.5. The summed E-state index contributed by atoms with van der Waals surface area (Å²) in [6.07, 6.45) is 0. The molecule has 0 aliphatic rings. The molecule has 0 spiro atoms. The highest BCUT2D eigenvalue weighted by Crippen LogP contribution is 2.45. The Hall–Kier alpha value is -2.91. The minimum absolute atomic E-state index is 0. The van der Waals surface area contributed by atoms with E-state index in [2.05, 4.69) is 41.5 Å². The van der Waals surface area contributed by atoms with E-state index in [9.17, 15) is 0 Å². The number of nitrogens with zero attached hydrogens (tertiary/aromatic N) is 3. The van der Waals surface area contributed by atoms with Crippen LogP contribution in [0.2, 0.25) is 5.02 Å². The molecule has 2 atom stereocenters. The van der Waals surface area contributed by atoms with E-state index in [4.69, 9.17) is 28.0 Å². The molecule has 1 heterocycles. The van der Waals surface area contributed by atoms with Gasteiger partial charge in [0.2, 0.25) is 0 Å². The van der Waals surface area contributed by atoms with E-state index in [0.29, 0.717) is 5.02 Å². The van der Waals surface area contributed by atoms with Gasteiger partial charge in [-0.25, -0.2) is 0 Å². The van der Waals surface area contributed by atoms with Crippen LogP contribution in [-0.4, -0.2) is 22.3 Å². The molecule has 4 aromatic carbocycles. The monoisotopic (exact) mass is 555 g/mol. The van der Waals surface area contributed by atoms with E-state index in [-0.39, 0.29) is 17.3 Å². The molecule has 1 aromatic heterocycles. The van der Waals surface area contributed by atoms with Crippen LogP contribution in [0, 0.1) is 6.92 Å². The van der Waals surface area contributed by atoms with Crippen LogP contribution in [0.3, 0.4) is 0 Å². The van der Waals surface area contributed by atoms with Crippen molar-refractivity contribution in [3.05, 3.63) is 130 Å². The number of halogens is 2. The van der Waals surface area contributed by atoms with E-state index >= 15 is 0 Å². The van der Waals surface area contributed by atoms with Gasteiger partial charge in [0, 0.05) is 10.6 Å². The molecule has 0 saturated heterocycles. The Labute approximate surface area is 234 Å². The van der Waals surface area contributed by atoms with Crippen LogP contribution in [0.4, 0.5) is 0 Å². The summed E-state index contributed by atoms with van der Waals surface area (Å²) in [5, 5.41) is 8.30. The Bertz CT molecular complexity index is 1340. The second-order valence-corrected chi connectivity index (χ2v) is 8.48. The number of aromatic nitrogens is 3. The molecule has 0 aliphatic heterocycles. The SMILES string of the molecule is C.CC.COn1nnc2ccccc21.Cc1ccc(C(Cl)(c2ccccc2)c2ccccc2Cl)cc1.P. The number of aryl methyl sites for hydroxylation is 1. The minimum Gasteiger partial charge on any atom is -0.398 e. The number of alkyl halides is 1. The molecular weight excluding hydrogens is 520 g/mol. The van der Waals surface area contributed by atoms with Gasteiger partial charge in [0.05, 0.1) is 0 Å². The fraction of sp³-hybridized carbons (Fsp3) is 0.200. The third kappa shape index (κ3) is 7.32. The largest absolute Gasteiger partial charge is 0.398 e. The first kappa shape index (κ1) is 32.1. The first-order chi connectivity index (χ1) is 17.0. The van der Waals surface area contributed by atoms with Gasteiger partial charge in [-0.2, -0.15) is 9.90 Å². The standard InChI is InChI=1S/C20H16Cl2.C7H7N3O.C2H6.CH4.H3P/c1-15-11-13-17(14-12-15)20(22,16-7-3-2-4-8-16)18-9-5-6-10-19(18)21;1-11-10-7-5-3-2-4-6(7)8-9-10;1-2;;/h2-14H,1H3;2-5H,1H3;1-2H3;1H4;1H3. The van der Waals surface area contributed by atoms with Gasteiger partial charge in [-0.15, -0.1) is 16.7 Å². The highest BCUT2D eigenvalue weighted by molar-refractivity contribution is 6.92. The topological polar surface area (TPSA) is 39.9 Å². The van der Waals surface area contributed by atoms with Crippen LogP contribution in [0.5, 0.6) is 0 Å². The van der Waals surface area contributed by atoms with Crippen molar-refractivity contribution in [3.8, 4) is 0 Å². The summed E-state index contributed by atoms with van der Waals surface area (Å²) in [7, 11) is 1.56. The lowest BCUT2D eigenvalue weighted by molar-refractivity contribution is 0.139. The lowest BCUT2D eigenvalue weighted by Crippen LogP contribution is -2.22. The molecule has 2 unspecified atom stereocenters. The summed E-state index contributed by atoms with van der Waals surface area (Å²) in [6.45, 7) is 6.07. The molecule has 0 aliphatic carbocycles. The minimum atomic E-state index is -0.798. The van der Waals surface area contributed by atoms with Gasteiger partial charge in [-0.05, 0) is 41.5 Å². The average Bonchev–Trinajstić information content (AvgIpc) is 3.34. The molecule has 0 N–H and O–H groups in total. The second kappa shape index (κ2) is 15.4. The molecule has 5 aromatic rings. The predicted molar refractivity (Wildman–Crippen MR) is 164 cm³/mol. The Morgan fingerprint density at radius 2 is 1.30 bits per heavy atom.